The number of anilines is 1. The summed E-state index contributed by atoms with van der Waals surface area (Å²) in [6, 6.07) is 3.87. The first-order chi connectivity index (χ1) is 7.41. The number of nitrogens with two attached hydrogens (primary N) is 1. The van der Waals surface area contributed by atoms with Gasteiger partial charge in [0.2, 0.25) is 5.91 Å². The average molecular weight is 279 g/mol. The van der Waals surface area contributed by atoms with Crippen LogP contribution in [-0.4, -0.2) is 17.1 Å². The van der Waals surface area contributed by atoms with Gasteiger partial charge < -0.3 is 16.2 Å². The fourth-order valence-electron chi connectivity index (χ4n) is 1.13. The molecule has 96 valence electrons. The van der Waals surface area contributed by atoms with Crippen molar-refractivity contribution in [2.45, 2.75) is 19.9 Å². The van der Waals surface area contributed by atoms with E-state index in [9.17, 15) is 9.90 Å². The van der Waals surface area contributed by atoms with Gasteiger partial charge in [0, 0.05) is 11.1 Å². The number of phenols is 1. The summed E-state index contributed by atoms with van der Waals surface area (Å²) in [4.78, 5) is 11.6. The molecule has 0 bridgehead atoms. The maximum absolute atomic E-state index is 11.6. The molecular weight excluding hydrogens is 263 g/mol. The van der Waals surface area contributed by atoms with Crippen molar-refractivity contribution in [3.8, 4) is 5.75 Å². The summed E-state index contributed by atoms with van der Waals surface area (Å²) in [7, 11) is 0. The second-order valence-electron chi connectivity index (χ2n) is 3.92. The predicted molar refractivity (Wildman–Crippen MR) is 71.8 cm³/mol. The highest BCUT2D eigenvalue weighted by Gasteiger charge is 2.18. The molecule has 0 saturated carbocycles. The molecule has 6 heteroatoms. The molecular formula is C11H16Cl2N2O2. The van der Waals surface area contributed by atoms with Gasteiger partial charge >= 0.3 is 0 Å². The van der Waals surface area contributed by atoms with Crippen molar-refractivity contribution in [1.29, 1.82) is 0 Å². The minimum atomic E-state index is -0.602. The zero-order valence-electron chi connectivity index (χ0n) is 9.61. The summed E-state index contributed by atoms with van der Waals surface area (Å²) in [6.07, 6.45) is 0. The van der Waals surface area contributed by atoms with Crippen LogP contribution in [0.1, 0.15) is 13.8 Å². The Balaban J connectivity index is 0.00000256. The zero-order valence-corrected chi connectivity index (χ0v) is 11.2. The second kappa shape index (κ2) is 6.69. The third-order valence-corrected chi connectivity index (χ3v) is 2.47. The molecule has 0 heterocycles. The Morgan fingerprint density at radius 3 is 2.53 bits per heavy atom. The van der Waals surface area contributed by atoms with E-state index < -0.39 is 6.04 Å². The summed E-state index contributed by atoms with van der Waals surface area (Å²) >= 11 is 5.67. The fourth-order valence-corrected chi connectivity index (χ4v) is 1.30. The van der Waals surface area contributed by atoms with Gasteiger partial charge in [-0.15, -0.1) is 12.4 Å². The third kappa shape index (κ3) is 4.42. The first-order valence-corrected chi connectivity index (χ1v) is 5.34. The number of hydrogen-bond donors (Lipinski definition) is 3. The lowest BCUT2D eigenvalue weighted by Crippen LogP contribution is -2.39. The first-order valence-electron chi connectivity index (χ1n) is 4.96. The molecule has 4 N–H and O–H groups in total. The summed E-state index contributed by atoms with van der Waals surface area (Å²) in [5.41, 5.74) is 5.98. The Labute approximate surface area is 112 Å². The van der Waals surface area contributed by atoms with Gasteiger partial charge in [-0.2, -0.15) is 0 Å². The minimum Gasteiger partial charge on any atom is -0.506 e. The van der Waals surface area contributed by atoms with E-state index in [1.165, 1.54) is 12.1 Å². The van der Waals surface area contributed by atoms with Crippen molar-refractivity contribution in [3.63, 3.8) is 0 Å². The molecule has 1 amide bonds. The number of rotatable bonds is 3. The Hall–Kier alpha value is -0.970. The van der Waals surface area contributed by atoms with Crippen molar-refractivity contribution in [1.82, 2.24) is 0 Å². The number of phenolic OH excluding ortho intramolecular Hbond substituents is 1. The molecule has 1 rings (SSSR count). The van der Waals surface area contributed by atoms with Crippen molar-refractivity contribution >= 4 is 35.6 Å². The van der Waals surface area contributed by atoms with Crippen LogP contribution in [0.2, 0.25) is 5.02 Å². The monoisotopic (exact) mass is 278 g/mol. The smallest absolute Gasteiger partial charge is 0.241 e. The van der Waals surface area contributed by atoms with Gasteiger partial charge in [0.25, 0.3) is 0 Å². The van der Waals surface area contributed by atoms with Gasteiger partial charge in [0.15, 0.2) is 0 Å². The highest BCUT2D eigenvalue weighted by atomic mass is 35.5. The van der Waals surface area contributed by atoms with Gasteiger partial charge in [-0.25, -0.2) is 0 Å². The van der Waals surface area contributed by atoms with Gasteiger partial charge in [-0.05, 0) is 18.1 Å². The Kier molecular flexibility index (Phi) is 6.31. The zero-order chi connectivity index (χ0) is 12.3. The first kappa shape index (κ1) is 16.0. The molecule has 0 unspecified atom stereocenters. The molecule has 0 saturated heterocycles. The lowest BCUT2D eigenvalue weighted by atomic mass is 10.0. The van der Waals surface area contributed by atoms with Crippen LogP contribution in [0.3, 0.4) is 0 Å². The van der Waals surface area contributed by atoms with Crippen LogP contribution < -0.4 is 11.1 Å². The summed E-state index contributed by atoms with van der Waals surface area (Å²) in [6.45, 7) is 3.71. The number of carbonyl (C=O) groups is 1. The van der Waals surface area contributed by atoms with Crippen molar-refractivity contribution in [3.05, 3.63) is 23.2 Å². The number of benzene rings is 1. The highest BCUT2D eigenvalue weighted by molar-refractivity contribution is 6.30. The maximum atomic E-state index is 11.6. The fraction of sp³-hybridized carbons (Fsp3) is 0.364. The topological polar surface area (TPSA) is 75.4 Å². The molecule has 0 fully saturated rings. The SMILES string of the molecule is CC(C)[C@H](N)C(=O)Nc1ccc(Cl)cc1O.Cl. The van der Waals surface area contributed by atoms with E-state index in [-0.39, 0.29) is 30.0 Å². The number of amides is 1. The Morgan fingerprint density at radius 2 is 2.06 bits per heavy atom. The minimum absolute atomic E-state index is 0. The van der Waals surface area contributed by atoms with E-state index in [0.717, 1.165) is 0 Å². The van der Waals surface area contributed by atoms with Crippen molar-refractivity contribution in [2.24, 2.45) is 11.7 Å². The molecule has 4 nitrogen and oxygen atoms in total. The standard InChI is InChI=1S/C11H15ClN2O2.ClH/c1-6(2)10(13)11(16)14-8-4-3-7(12)5-9(8)15;/h3-6,10,15H,13H2,1-2H3,(H,14,16);1H/t10-;/m0./s1. The molecule has 0 aliphatic heterocycles. The van der Waals surface area contributed by atoms with E-state index in [0.29, 0.717) is 10.7 Å². The van der Waals surface area contributed by atoms with Gasteiger partial charge in [0.1, 0.15) is 5.75 Å². The van der Waals surface area contributed by atoms with Crippen LogP contribution in [0, 0.1) is 5.92 Å². The average Bonchev–Trinajstić information content (AvgIpc) is 2.20. The van der Waals surface area contributed by atoms with Crippen LogP contribution in [-0.2, 0) is 4.79 Å². The second-order valence-corrected chi connectivity index (χ2v) is 4.36. The number of carbonyl (C=O) groups excluding carboxylic acids is 1. The summed E-state index contributed by atoms with van der Waals surface area (Å²) < 4.78 is 0. The van der Waals surface area contributed by atoms with Crippen LogP contribution in [0.15, 0.2) is 18.2 Å². The molecule has 1 atom stereocenters. The molecule has 0 spiro atoms. The van der Waals surface area contributed by atoms with Crippen LogP contribution in [0.25, 0.3) is 0 Å². The van der Waals surface area contributed by atoms with E-state index in [1.807, 2.05) is 13.8 Å². The third-order valence-electron chi connectivity index (χ3n) is 2.24. The molecule has 0 radical (unpaired) electrons. The molecule has 0 aliphatic rings. The normalized spacial score (nSPS) is 11.8. The quantitative estimate of drug-likeness (QED) is 0.744. The van der Waals surface area contributed by atoms with Crippen LogP contribution in [0.4, 0.5) is 5.69 Å². The number of aromatic hydroxyl groups is 1. The molecule has 0 aromatic heterocycles. The summed E-state index contributed by atoms with van der Waals surface area (Å²) in [5.74, 6) is -0.362. The van der Waals surface area contributed by atoms with Crippen LogP contribution >= 0.6 is 24.0 Å². The largest absolute Gasteiger partial charge is 0.506 e. The van der Waals surface area contributed by atoms with E-state index in [2.05, 4.69) is 5.32 Å². The van der Waals surface area contributed by atoms with E-state index in [4.69, 9.17) is 17.3 Å². The maximum Gasteiger partial charge on any atom is 0.241 e. The van der Waals surface area contributed by atoms with Gasteiger partial charge in [-0.1, -0.05) is 25.4 Å². The van der Waals surface area contributed by atoms with Gasteiger partial charge in [0.05, 0.1) is 11.7 Å². The van der Waals surface area contributed by atoms with E-state index >= 15 is 0 Å². The van der Waals surface area contributed by atoms with Crippen molar-refractivity contribution < 1.29 is 9.90 Å². The van der Waals surface area contributed by atoms with Crippen LogP contribution in [0.5, 0.6) is 5.75 Å². The lowest BCUT2D eigenvalue weighted by molar-refractivity contribution is -0.118. The van der Waals surface area contributed by atoms with Gasteiger partial charge in [-0.3, -0.25) is 4.79 Å². The highest BCUT2D eigenvalue weighted by Crippen LogP contribution is 2.26. The lowest BCUT2D eigenvalue weighted by Gasteiger charge is -2.15. The Morgan fingerprint density at radius 1 is 1.47 bits per heavy atom. The summed E-state index contributed by atoms with van der Waals surface area (Å²) in [5, 5.41) is 12.5. The van der Waals surface area contributed by atoms with Crippen molar-refractivity contribution in [2.75, 3.05) is 5.32 Å². The molecule has 1 aromatic carbocycles. The number of halogens is 2. The number of nitrogens with one attached hydrogen (secondary N) is 1. The molecule has 1 aromatic rings. The molecule has 0 aliphatic carbocycles. The predicted octanol–water partition coefficient (Wildman–Crippen LogP) is 2.39. The molecule has 17 heavy (non-hydrogen) atoms. The Bertz CT molecular complexity index is 397. The van der Waals surface area contributed by atoms with E-state index in [1.54, 1.807) is 6.07 Å². The number of hydrogen-bond acceptors (Lipinski definition) is 3.